The summed E-state index contributed by atoms with van der Waals surface area (Å²) in [6, 6.07) is 7.33. The van der Waals surface area contributed by atoms with E-state index in [1.165, 1.54) is 6.33 Å². The lowest BCUT2D eigenvalue weighted by atomic mass is 9.83. The molecule has 1 saturated heterocycles. The van der Waals surface area contributed by atoms with Crippen molar-refractivity contribution >= 4 is 39.9 Å². The molecule has 1 aliphatic heterocycles. The number of aryl methyl sites for hydroxylation is 1. The molecule has 3 aromatic rings. The molecule has 192 valence electrons. The number of amides is 2. The first-order valence-electron chi connectivity index (χ1n) is 12.6. The molecule has 0 bridgehead atoms. The van der Waals surface area contributed by atoms with E-state index >= 15 is 4.39 Å². The third kappa shape index (κ3) is 4.50. The molecule has 0 saturated carbocycles. The van der Waals surface area contributed by atoms with Crippen molar-refractivity contribution in [3.8, 4) is 11.3 Å². The van der Waals surface area contributed by atoms with Gasteiger partial charge < -0.3 is 20.5 Å². The number of hydrogen-bond acceptors (Lipinski definition) is 5. The number of carbonyl (C=O) groups excluding carboxylic acids is 2. The minimum atomic E-state index is -0.343. The lowest BCUT2D eigenvalue weighted by Gasteiger charge is -2.27. The molecule has 2 aliphatic rings. The van der Waals surface area contributed by atoms with E-state index in [2.05, 4.69) is 21.9 Å². The maximum Gasteiger partial charge on any atom is 0.250 e. The highest BCUT2D eigenvalue weighted by molar-refractivity contribution is 6.05. The predicted octanol–water partition coefficient (Wildman–Crippen LogP) is 4.84. The van der Waals surface area contributed by atoms with Crippen LogP contribution in [0.2, 0.25) is 0 Å². The van der Waals surface area contributed by atoms with Gasteiger partial charge in [0, 0.05) is 49.3 Å². The van der Waals surface area contributed by atoms with Gasteiger partial charge in [-0.15, -0.1) is 0 Å². The number of nitrogens with one attached hydrogen (secondary N) is 1. The molecule has 3 heterocycles. The van der Waals surface area contributed by atoms with Crippen LogP contribution in [0.5, 0.6) is 0 Å². The number of benzene rings is 1. The highest BCUT2D eigenvalue weighted by Gasteiger charge is 2.34. The van der Waals surface area contributed by atoms with Crippen molar-refractivity contribution in [3.05, 3.63) is 54.1 Å². The number of halogens is 1. The molecular formula is C28H31FN6O2. The molecule has 37 heavy (non-hydrogen) atoms. The summed E-state index contributed by atoms with van der Waals surface area (Å²) in [6.45, 7) is 6.83. The standard InChI is InChI=1S/C28H31FN6O2/c1-16(2)27(36)33-19-9-6-17(7-10-19)24-22(23-25(30)31-15-32-26(23)34(24)3)20-11-8-18(14-21(20)29)28(37)35-12-4-5-13-35/h6-7,9-10,15,18H,1,4-5,8,11-14H2,2-3H3,(H,33,36)(H2,30,31,32). The van der Waals surface area contributed by atoms with Crippen LogP contribution in [0.1, 0.15) is 44.6 Å². The fraction of sp³-hybridized carbons (Fsp3) is 0.357. The largest absolute Gasteiger partial charge is 0.383 e. The Bertz CT molecular complexity index is 1430. The van der Waals surface area contributed by atoms with E-state index in [1.54, 1.807) is 19.1 Å². The van der Waals surface area contributed by atoms with Gasteiger partial charge in [-0.25, -0.2) is 14.4 Å². The third-order valence-corrected chi connectivity index (χ3v) is 7.36. The minimum Gasteiger partial charge on any atom is -0.383 e. The van der Waals surface area contributed by atoms with E-state index < -0.39 is 0 Å². The van der Waals surface area contributed by atoms with Crippen molar-refractivity contribution in [1.82, 2.24) is 19.4 Å². The van der Waals surface area contributed by atoms with Crippen molar-refractivity contribution < 1.29 is 14.0 Å². The van der Waals surface area contributed by atoms with Crippen molar-refractivity contribution in [2.24, 2.45) is 13.0 Å². The molecule has 2 amide bonds. The molecule has 8 nitrogen and oxygen atoms in total. The molecule has 1 atom stereocenters. The molecule has 5 rings (SSSR count). The Morgan fingerprint density at radius 3 is 2.51 bits per heavy atom. The van der Waals surface area contributed by atoms with Crippen LogP contribution in [-0.2, 0) is 16.6 Å². The Balaban J connectivity index is 1.57. The molecule has 1 aromatic carbocycles. The summed E-state index contributed by atoms with van der Waals surface area (Å²) in [4.78, 5) is 35.5. The number of nitrogens with zero attached hydrogens (tertiary/aromatic N) is 4. The normalized spacial score (nSPS) is 17.9. The maximum atomic E-state index is 15.8. The zero-order valence-corrected chi connectivity index (χ0v) is 21.2. The first kappa shape index (κ1) is 24.7. The fourth-order valence-corrected chi connectivity index (χ4v) is 5.42. The second kappa shape index (κ2) is 9.80. The third-order valence-electron chi connectivity index (χ3n) is 7.36. The Kier molecular flexibility index (Phi) is 6.54. The Hall–Kier alpha value is -4.01. The lowest BCUT2D eigenvalue weighted by Crippen LogP contribution is -2.34. The van der Waals surface area contributed by atoms with Gasteiger partial charge in [0.2, 0.25) is 5.91 Å². The second-order valence-corrected chi connectivity index (χ2v) is 9.91. The highest BCUT2D eigenvalue weighted by atomic mass is 19.1. The average molecular weight is 503 g/mol. The monoisotopic (exact) mass is 502 g/mol. The van der Waals surface area contributed by atoms with Gasteiger partial charge in [0.25, 0.3) is 5.91 Å². The summed E-state index contributed by atoms with van der Waals surface area (Å²) >= 11 is 0. The molecule has 1 fully saturated rings. The van der Waals surface area contributed by atoms with Crippen LogP contribution in [0.15, 0.2) is 48.6 Å². The second-order valence-electron chi connectivity index (χ2n) is 9.91. The molecular weight excluding hydrogens is 471 g/mol. The summed E-state index contributed by atoms with van der Waals surface area (Å²) in [7, 11) is 1.87. The van der Waals surface area contributed by atoms with Gasteiger partial charge in [-0.2, -0.15) is 0 Å². The predicted molar refractivity (Wildman–Crippen MR) is 143 cm³/mol. The molecule has 3 N–H and O–H groups in total. The first-order valence-corrected chi connectivity index (χ1v) is 12.6. The highest BCUT2D eigenvalue weighted by Crippen LogP contribution is 2.45. The van der Waals surface area contributed by atoms with Crippen LogP contribution < -0.4 is 11.1 Å². The summed E-state index contributed by atoms with van der Waals surface area (Å²) in [5.74, 6) is -0.548. The first-order chi connectivity index (χ1) is 17.8. The van der Waals surface area contributed by atoms with E-state index in [9.17, 15) is 9.59 Å². The number of likely N-dealkylation sites (tertiary alicyclic amines) is 1. The number of fused-ring (bicyclic) bond motifs is 1. The van der Waals surface area contributed by atoms with Gasteiger partial charge in [0.1, 0.15) is 23.6 Å². The average Bonchev–Trinajstić information content (AvgIpc) is 3.52. The Morgan fingerprint density at radius 2 is 1.86 bits per heavy atom. The van der Waals surface area contributed by atoms with E-state index in [0.717, 1.165) is 37.2 Å². The van der Waals surface area contributed by atoms with Crippen LogP contribution >= 0.6 is 0 Å². The maximum absolute atomic E-state index is 15.8. The van der Waals surface area contributed by atoms with Crippen molar-refractivity contribution in [2.75, 3.05) is 24.1 Å². The number of rotatable bonds is 5. The van der Waals surface area contributed by atoms with E-state index in [4.69, 9.17) is 5.73 Å². The summed E-state index contributed by atoms with van der Waals surface area (Å²) in [5, 5.41) is 3.41. The summed E-state index contributed by atoms with van der Waals surface area (Å²) < 4.78 is 17.7. The summed E-state index contributed by atoms with van der Waals surface area (Å²) in [6.07, 6.45) is 4.50. The lowest BCUT2D eigenvalue weighted by molar-refractivity contribution is -0.134. The number of carbonyl (C=O) groups is 2. The molecule has 2 aromatic heterocycles. The van der Waals surface area contributed by atoms with Gasteiger partial charge in [-0.05, 0) is 55.9 Å². The van der Waals surface area contributed by atoms with Crippen molar-refractivity contribution in [3.63, 3.8) is 0 Å². The molecule has 0 radical (unpaired) electrons. The molecule has 9 heteroatoms. The smallest absolute Gasteiger partial charge is 0.250 e. The van der Waals surface area contributed by atoms with Crippen LogP contribution in [0, 0.1) is 5.92 Å². The number of allylic oxidation sites excluding steroid dienone is 2. The molecule has 1 unspecified atom stereocenters. The van der Waals surface area contributed by atoms with Crippen LogP contribution in [0.4, 0.5) is 15.9 Å². The van der Waals surface area contributed by atoms with E-state index in [-0.39, 0.29) is 35.8 Å². The molecule has 0 spiro atoms. The SMILES string of the molecule is C=C(C)C(=O)Nc1ccc(-c2c(C3=C(F)CC(C(=O)N4CCCC4)CC3)c3c(N)ncnc3n2C)cc1. The number of anilines is 2. The fourth-order valence-electron chi connectivity index (χ4n) is 5.42. The zero-order valence-electron chi connectivity index (χ0n) is 21.2. The van der Waals surface area contributed by atoms with Crippen molar-refractivity contribution in [2.45, 2.75) is 39.0 Å². The zero-order chi connectivity index (χ0) is 26.3. The number of nitrogen functional groups attached to an aromatic ring is 1. The number of nitrogens with two attached hydrogens (primary N) is 1. The topological polar surface area (TPSA) is 106 Å². The minimum absolute atomic E-state index is 0.0556. The van der Waals surface area contributed by atoms with Gasteiger partial charge in [-0.1, -0.05) is 18.7 Å². The van der Waals surface area contributed by atoms with Gasteiger partial charge in [0.05, 0.1) is 11.1 Å². The number of hydrogen-bond donors (Lipinski definition) is 2. The van der Waals surface area contributed by atoms with Gasteiger partial charge in [0.15, 0.2) is 0 Å². The van der Waals surface area contributed by atoms with E-state index in [0.29, 0.717) is 46.3 Å². The van der Waals surface area contributed by atoms with Gasteiger partial charge in [-0.3, -0.25) is 9.59 Å². The van der Waals surface area contributed by atoms with Crippen LogP contribution in [0.25, 0.3) is 27.9 Å². The van der Waals surface area contributed by atoms with Gasteiger partial charge >= 0.3 is 0 Å². The van der Waals surface area contributed by atoms with Crippen LogP contribution in [0.3, 0.4) is 0 Å². The number of aromatic nitrogens is 3. The van der Waals surface area contributed by atoms with Crippen LogP contribution in [-0.4, -0.2) is 44.3 Å². The van der Waals surface area contributed by atoms with Crippen molar-refractivity contribution in [1.29, 1.82) is 0 Å². The Morgan fingerprint density at radius 1 is 1.16 bits per heavy atom. The molecule has 1 aliphatic carbocycles. The quantitative estimate of drug-likeness (QED) is 0.486. The van der Waals surface area contributed by atoms with E-state index in [1.807, 2.05) is 28.6 Å². The summed E-state index contributed by atoms with van der Waals surface area (Å²) in [5.41, 5.74) is 10.7. The Labute approximate surface area is 215 Å².